The van der Waals surface area contributed by atoms with E-state index in [4.69, 9.17) is 4.74 Å². The Balaban J connectivity index is 4.80. The lowest BCUT2D eigenvalue weighted by Gasteiger charge is -2.15. The Hall–Kier alpha value is -0.790. The number of hydrogen-bond donors (Lipinski definition) is 0. The first kappa shape index (κ1) is 15.2. The third kappa shape index (κ3) is 5.94. The highest BCUT2D eigenvalue weighted by atomic mass is 16.5. The standard InChI is InChI=1S/C14H26O2/c1-7-16-14(15)12(6)13(8-10(2)3)9-11(4)5/h10-11H,7-9H2,1-6H3. The van der Waals surface area contributed by atoms with Crippen LogP contribution in [0.3, 0.4) is 0 Å². The molecule has 0 aromatic carbocycles. The molecule has 0 atom stereocenters. The summed E-state index contributed by atoms with van der Waals surface area (Å²) in [5, 5.41) is 0. The van der Waals surface area contributed by atoms with E-state index < -0.39 is 0 Å². The van der Waals surface area contributed by atoms with Gasteiger partial charge in [-0.25, -0.2) is 4.79 Å². The Labute approximate surface area is 100 Å². The maximum Gasteiger partial charge on any atom is 0.333 e. The average molecular weight is 226 g/mol. The Kier molecular flexibility index (Phi) is 7.11. The van der Waals surface area contributed by atoms with E-state index in [-0.39, 0.29) is 5.97 Å². The lowest BCUT2D eigenvalue weighted by atomic mass is 9.91. The summed E-state index contributed by atoms with van der Waals surface area (Å²) >= 11 is 0. The molecule has 0 aliphatic rings. The summed E-state index contributed by atoms with van der Waals surface area (Å²) in [5.74, 6) is 1.01. The molecule has 0 amide bonds. The summed E-state index contributed by atoms with van der Waals surface area (Å²) in [6, 6.07) is 0. The van der Waals surface area contributed by atoms with Crippen LogP contribution in [-0.4, -0.2) is 12.6 Å². The fourth-order valence-corrected chi connectivity index (χ4v) is 1.76. The molecule has 16 heavy (non-hydrogen) atoms. The van der Waals surface area contributed by atoms with E-state index in [2.05, 4.69) is 27.7 Å². The van der Waals surface area contributed by atoms with Gasteiger partial charge in [0.05, 0.1) is 6.61 Å². The van der Waals surface area contributed by atoms with E-state index in [1.165, 1.54) is 5.57 Å². The van der Waals surface area contributed by atoms with Crippen molar-refractivity contribution in [1.82, 2.24) is 0 Å². The molecule has 0 aliphatic carbocycles. The number of rotatable bonds is 6. The summed E-state index contributed by atoms with van der Waals surface area (Å²) in [7, 11) is 0. The van der Waals surface area contributed by atoms with Crippen molar-refractivity contribution in [2.45, 2.75) is 54.4 Å². The fraction of sp³-hybridized carbons (Fsp3) is 0.786. The van der Waals surface area contributed by atoms with Gasteiger partial charge in [-0.2, -0.15) is 0 Å². The van der Waals surface area contributed by atoms with Gasteiger partial charge in [0.25, 0.3) is 0 Å². The highest BCUT2D eigenvalue weighted by Gasteiger charge is 2.14. The van der Waals surface area contributed by atoms with Gasteiger partial charge >= 0.3 is 5.97 Å². The minimum Gasteiger partial charge on any atom is -0.463 e. The third-order valence-electron chi connectivity index (χ3n) is 2.42. The molecule has 0 N–H and O–H groups in total. The van der Waals surface area contributed by atoms with Crippen LogP contribution in [0.5, 0.6) is 0 Å². The molecule has 2 nitrogen and oxygen atoms in total. The van der Waals surface area contributed by atoms with Gasteiger partial charge in [-0.05, 0) is 38.5 Å². The summed E-state index contributed by atoms with van der Waals surface area (Å²) in [4.78, 5) is 11.7. The van der Waals surface area contributed by atoms with Crippen LogP contribution in [0.4, 0.5) is 0 Å². The Morgan fingerprint density at radius 3 is 1.81 bits per heavy atom. The SMILES string of the molecule is CCOC(=O)C(C)=C(CC(C)C)CC(C)C. The summed E-state index contributed by atoms with van der Waals surface area (Å²) in [5.41, 5.74) is 2.06. The monoisotopic (exact) mass is 226 g/mol. The first-order chi connectivity index (χ1) is 7.38. The van der Waals surface area contributed by atoms with Crippen molar-refractivity contribution in [3.05, 3.63) is 11.1 Å². The van der Waals surface area contributed by atoms with Crippen molar-refractivity contribution in [3.8, 4) is 0 Å². The maximum absolute atomic E-state index is 11.7. The normalized spacial score (nSPS) is 10.8. The average Bonchev–Trinajstić information content (AvgIpc) is 2.14. The van der Waals surface area contributed by atoms with Crippen LogP contribution in [0.2, 0.25) is 0 Å². The molecule has 94 valence electrons. The van der Waals surface area contributed by atoms with Crippen molar-refractivity contribution >= 4 is 5.97 Å². The second kappa shape index (κ2) is 7.48. The minimum absolute atomic E-state index is 0.154. The summed E-state index contributed by atoms with van der Waals surface area (Å²) in [6.07, 6.45) is 1.98. The lowest BCUT2D eigenvalue weighted by molar-refractivity contribution is -0.138. The zero-order valence-corrected chi connectivity index (χ0v) is 11.6. The van der Waals surface area contributed by atoms with Gasteiger partial charge in [-0.1, -0.05) is 33.3 Å². The van der Waals surface area contributed by atoms with Gasteiger partial charge in [0.15, 0.2) is 0 Å². The Morgan fingerprint density at radius 2 is 1.50 bits per heavy atom. The number of allylic oxidation sites excluding steroid dienone is 1. The van der Waals surface area contributed by atoms with Crippen LogP contribution < -0.4 is 0 Å². The number of carbonyl (C=O) groups excluding carboxylic acids is 1. The molecule has 0 aromatic heterocycles. The quantitative estimate of drug-likeness (QED) is 0.506. The van der Waals surface area contributed by atoms with Crippen LogP contribution in [0.15, 0.2) is 11.1 Å². The zero-order valence-electron chi connectivity index (χ0n) is 11.6. The molecular formula is C14H26O2. The van der Waals surface area contributed by atoms with Gasteiger partial charge in [0, 0.05) is 5.57 Å². The molecule has 0 heterocycles. The van der Waals surface area contributed by atoms with E-state index in [1.807, 2.05) is 13.8 Å². The topological polar surface area (TPSA) is 26.3 Å². The van der Waals surface area contributed by atoms with Crippen LogP contribution in [0, 0.1) is 11.8 Å². The summed E-state index contributed by atoms with van der Waals surface area (Å²) in [6.45, 7) is 12.9. The van der Waals surface area contributed by atoms with Crippen LogP contribution >= 0.6 is 0 Å². The van der Waals surface area contributed by atoms with E-state index in [0.717, 1.165) is 18.4 Å². The third-order valence-corrected chi connectivity index (χ3v) is 2.42. The van der Waals surface area contributed by atoms with E-state index >= 15 is 0 Å². The van der Waals surface area contributed by atoms with Crippen LogP contribution in [0.25, 0.3) is 0 Å². The van der Waals surface area contributed by atoms with Gasteiger partial charge < -0.3 is 4.74 Å². The van der Waals surface area contributed by atoms with Crippen molar-refractivity contribution in [2.24, 2.45) is 11.8 Å². The highest BCUT2D eigenvalue weighted by molar-refractivity contribution is 5.88. The van der Waals surface area contributed by atoms with Crippen molar-refractivity contribution in [2.75, 3.05) is 6.61 Å². The summed E-state index contributed by atoms with van der Waals surface area (Å²) < 4.78 is 5.05. The number of ether oxygens (including phenoxy) is 1. The smallest absolute Gasteiger partial charge is 0.333 e. The maximum atomic E-state index is 11.7. The Bertz CT molecular complexity index is 237. The first-order valence-electron chi connectivity index (χ1n) is 6.24. The predicted octanol–water partition coefficient (Wildman–Crippen LogP) is 3.96. The number of hydrogen-bond acceptors (Lipinski definition) is 2. The minimum atomic E-state index is -0.154. The zero-order chi connectivity index (χ0) is 12.7. The molecule has 2 heteroatoms. The highest BCUT2D eigenvalue weighted by Crippen LogP contribution is 2.23. The van der Waals surface area contributed by atoms with E-state index in [9.17, 15) is 4.79 Å². The molecule has 0 aliphatic heterocycles. The molecule has 0 saturated carbocycles. The molecule has 0 aromatic rings. The molecule has 0 saturated heterocycles. The van der Waals surface area contributed by atoms with Gasteiger partial charge in [-0.15, -0.1) is 0 Å². The predicted molar refractivity (Wildman–Crippen MR) is 68.2 cm³/mol. The van der Waals surface area contributed by atoms with Crippen molar-refractivity contribution in [1.29, 1.82) is 0 Å². The van der Waals surface area contributed by atoms with Gasteiger partial charge in [-0.3, -0.25) is 0 Å². The van der Waals surface area contributed by atoms with Crippen molar-refractivity contribution in [3.63, 3.8) is 0 Å². The lowest BCUT2D eigenvalue weighted by Crippen LogP contribution is -2.10. The second-order valence-corrected chi connectivity index (χ2v) is 5.14. The molecule has 0 spiro atoms. The van der Waals surface area contributed by atoms with Gasteiger partial charge in [0.1, 0.15) is 0 Å². The second-order valence-electron chi connectivity index (χ2n) is 5.14. The number of carbonyl (C=O) groups is 1. The molecule has 0 rings (SSSR count). The molecule has 0 bridgehead atoms. The Morgan fingerprint density at radius 1 is 1.06 bits per heavy atom. The van der Waals surface area contributed by atoms with E-state index in [1.54, 1.807) is 0 Å². The van der Waals surface area contributed by atoms with E-state index in [0.29, 0.717) is 18.4 Å². The fourth-order valence-electron chi connectivity index (χ4n) is 1.76. The van der Waals surface area contributed by atoms with Crippen LogP contribution in [-0.2, 0) is 9.53 Å². The molecule has 0 unspecified atom stereocenters. The molecular weight excluding hydrogens is 200 g/mol. The molecule has 0 fully saturated rings. The van der Waals surface area contributed by atoms with Crippen molar-refractivity contribution < 1.29 is 9.53 Å². The largest absolute Gasteiger partial charge is 0.463 e. The number of esters is 1. The van der Waals surface area contributed by atoms with Gasteiger partial charge in [0.2, 0.25) is 0 Å². The first-order valence-corrected chi connectivity index (χ1v) is 6.24. The molecule has 0 radical (unpaired) electrons. The van der Waals surface area contributed by atoms with Crippen LogP contribution in [0.1, 0.15) is 54.4 Å².